The van der Waals surface area contributed by atoms with Crippen LogP contribution in [0.4, 0.5) is 0 Å². The number of unbranched alkanes of at least 4 members (excludes halogenated alkanes) is 31. The van der Waals surface area contributed by atoms with E-state index >= 15 is 0 Å². The molecule has 4 N–H and O–H groups in total. The van der Waals surface area contributed by atoms with Crippen LogP contribution in [0, 0.1) is 0 Å². The van der Waals surface area contributed by atoms with Crippen LogP contribution in [0.1, 0.15) is 239 Å². The van der Waals surface area contributed by atoms with Crippen molar-refractivity contribution in [2.45, 2.75) is 257 Å². The van der Waals surface area contributed by atoms with Gasteiger partial charge >= 0.3 is 0 Å². The van der Waals surface area contributed by atoms with E-state index in [9.17, 15) is 28.0 Å². The van der Waals surface area contributed by atoms with Crippen LogP contribution in [0.15, 0.2) is 0 Å². The Balaban J connectivity index is 3.85. The second-order valence-corrected chi connectivity index (χ2v) is 17.0. The maximum absolute atomic E-state index is 12.6. The van der Waals surface area contributed by atoms with Gasteiger partial charge in [-0.25, -0.2) is 0 Å². The van der Waals surface area contributed by atoms with Crippen molar-refractivity contribution >= 4 is 16.0 Å². The molecule has 0 radical (unpaired) electrons. The van der Waals surface area contributed by atoms with E-state index in [4.69, 9.17) is 0 Å². The van der Waals surface area contributed by atoms with Gasteiger partial charge in [0.2, 0.25) is 5.91 Å². The zero-order valence-electron chi connectivity index (χ0n) is 33.2. The summed E-state index contributed by atoms with van der Waals surface area (Å²) >= 11 is 0. The van der Waals surface area contributed by atoms with Gasteiger partial charge in [0, 0.05) is 0 Å². The second-order valence-electron chi connectivity index (χ2n) is 15.5. The predicted octanol–water partition coefficient (Wildman–Crippen LogP) is 11.8. The molecule has 0 aliphatic rings. The SMILES string of the molecule is CCCCCCCCCCCCCCCCCCCCCCCC(O)C(=O)NC(CS(=O)(=O)O)C(O)CCCCCCCCCCCCCC. The Morgan fingerprint density at radius 3 is 1.00 bits per heavy atom. The summed E-state index contributed by atoms with van der Waals surface area (Å²) < 4.78 is 32.5. The number of rotatable bonds is 40. The van der Waals surface area contributed by atoms with E-state index in [0.717, 1.165) is 44.9 Å². The lowest BCUT2D eigenvalue weighted by Crippen LogP contribution is -2.50. The molecule has 0 aliphatic heterocycles. The van der Waals surface area contributed by atoms with E-state index in [1.807, 2.05) is 0 Å². The largest absolute Gasteiger partial charge is 0.391 e. The van der Waals surface area contributed by atoms with Gasteiger partial charge in [-0.05, 0) is 12.8 Å². The first-order valence-corrected chi connectivity index (χ1v) is 23.4. The number of aliphatic hydroxyl groups is 2. The molecule has 3 atom stereocenters. The zero-order chi connectivity index (χ0) is 37.0. The maximum Gasteiger partial charge on any atom is 0.266 e. The molecule has 0 spiro atoms. The topological polar surface area (TPSA) is 124 Å². The van der Waals surface area contributed by atoms with Crippen molar-refractivity contribution in [3.8, 4) is 0 Å². The van der Waals surface area contributed by atoms with Crippen LogP contribution in [-0.2, 0) is 14.9 Å². The van der Waals surface area contributed by atoms with E-state index < -0.39 is 40.0 Å². The molecule has 8 heteroatoms. The molecule has 0 fully saturated rings. The van der Waals surface area contributed by atoms with Crippen molar-refractivity contribution in [2.24, 2.45) is 0 Å². The van der Waals surface area contributed by atoms with Crippen molar-refractivity contribution in [1.82, 2.24) is 5.32 Å². The molecule has 0 rings (SSSR count). The van der Waals surface area contributed by atoms with Crippen molar-refractivity contribution in [3.63, 3.8) is 0 Å². The minimum atomic E-state index is -4.40. The van der Waals surface area contributed by atoms with Gasteiger partial charge in [0.15, 0.2) is 0 Å². The Bertz CT molecular complexity index is 823. The monoisotopic (exact) mass is 732 g/mol. The molecule has 0 saturated carbocycles. The average molecular weight is 732 g/mol. The fourth-order valence-corrected chi connectivity index (χ4v) is 7.81. The lowest BCUT2D eigenvalue weighted by atomic mass is 10.0. The van der Waals surface area contributed by atoms with Gasteiger partial charge in [0.05, 0.1) is 17.9 Å². The van der Waals surface area contributed by atoms with Crippen molar-refractivity contribution in [2.75, 3.05) is 5.75 Å². The summed E-state index contributed by atoms with van der Waals surface area (Å²) in [7, 11) is -4.40. The normalized spacial score (nSPS) is 13.8. The van der Waals surface area contributed by atoms with Gasteiger partial charge in [-0.2, -0.15) is 8.42 Å². The molecule has 0 heterocycles. The highest BCUT2D eigenvalue weighted by molar-refractivity contribution is 7.85. The van der Waals surface area contributed by atoms with Crippen LogP contribution in [0.2, 0.25) is 0 Å². The minimum absolute atomic E-state index is 0.304. The van der Waals surface area contributed by atoms with E-state index in [2.05, 4.69) is 19.2 Å². The number of aliphatic hydroxyl groups excluding tert-OH is 2. The first-order valence-electron chi connectivity index (χ1n) is 21.8. The van der Waals surface area contributed by atoms with E-state index in [0.29, 0.717) is 12.8 Å². The third-order valence-electron chi connectivity index (χ3n) is 10.4. The first kappa shape index (κ1) is 49.3. The summed E-state index contributed by atoms with van der Waals surface area (Å²) in [5, 5.41) is 23.5. The summed E-state index contributed by atoms with van der Waals surface area (Å²) in [6.45, 7) is 4.51. The van der Waals surface area contributed by atoms with Crippen molar-refractivity contribution in [3.05, 3.63) is 0 Å². The molecule has 0 aromatic heterocycles. The van der Waals surface area contributed by atoms with Gasteiger partial charge in [0.25, 0.3) is 10.1 Å². The Labute approximate surface area is 311 Å². The summed E-state index contributed by atoms with van der Waals surface area (Å²) in [6.07, 6.45) is 39.9. The molecule has 0 saturated heterocycles. The van der Waals surface area contributed by atoms with Gasteiger partial charge in [-0.3, -0.25) is 9.35 Å². The third-order valence-corrected chi connectivity index (χ3v) is 11.2. The van der Waals surface area contributed by atoms with Crippen LogP contribution >= 0.6 is 0 Å². The Kier molecular flexibility index (Phi) is 36.1. The number of carbonyl (C=O) groups is 1. The lowest BCUT2D eigenvalue weighted by molar-refractivity contribution is -0.131. The highest BCUT2D eigenvalue weighted by Gasteiger charge is 2.28. The summed E-state index contributed by atoms with van der Waals surface area (Å²) in [6, 6.07) is -1.14. The second kappa shape index (κ2) is 36.6. The van der Waals surface area contributed by atoms with Gasteiger partial charge < -0.3 is 15.5 Å². The molecule has 1 amide bonds. The van der Waals surface area contributed by atoms with Crippen LogP contribution in [-0.4, -0.2) is 53.1 Å². The van der Waals surface area contributed by atoms with E-state index in [1.165, 1.54) is 167 Å². The Hall–Kier alpha value is -0.700. The number of hydrogen-bond acceptors (Lipinski definition) is 5. The molecule has 0 aliphatic carbocycles. The smallest absolute Gasteiger partial charge is 0.266 e. The molecule has 0 bridgehead atoms. The quantitative estimate of drug-likeness (QED) is 0.0367. The van der Waals surface area contributed by atoms with Gasteiger partial charge in [-0.1, -0.05) is 226 Å². The van der Waals surface area contributed by atoms with Crippen molar-refractivity contribution < 1.29 is 28.0 Å². The lowest BCUT2D eigenvalue weighted by Gasteiger charge is -2.24. The van der Waals surface area contributed by atoms with Crippen molar-refractivity contribution in [1.29, 1.82) is 0 Å². The van der Waals surface area contributed by atoms with Crippen LogP contribution in [0.3, 0.4) is 0 Å². The predicted molar refractivity (Wildman–Crippen MR) is 213 cm³/mol. The van der Waals surface area contributed by atoms with E-state index in [-0.39, 0.29) is 0 Å². The molecular formula is C42H85NO6S. The highest BCUT2D eigenvalue weighted by Crippen LogP contribution is 2.17. The van der Waals surface area contributed by atoms with Crippen LogP contribution in [0.25, 0.3) is 0 Å². The molecule has 0 aromatic rings. The summed E-state index contributed by atoms with van der Waals surface area (Å²) in [5.41, 5.74) is 0. The van der Waals surface area contributed by atoms with Crippen LogP contribution < -0.4 is 5.32 Å². The fraction of sp³-hybridized carbons (Fsp3) is 0.976. The average Bonchev–Trinajstić information content (AvgIpc) is 3.08. The zero-order valence-corrected chi connectivity index (χ0v) is 34.0. The van der Waals surface area contributed by atoms with E-state index in [1.54, 1.807) is 0 Å². The van der Waals surface area contributed by atoms with Crippen LogP contribution in [0.5, 0.6) is 0 Å². The standard InChI is InChI=1S/C42H85NO6S/c1-3-5-7-9-11-13-15-17-18-19-20-21-22-23-24-25-27-29-31-33-35-37-41(45)42(46)43-39(38-50(47,48)49)40(44)36-34-32-30-28-26-16-14-12-10-8-6-4-2/h39-41,44-45H,3-38H2,1-2H3,(H,43,46)(H,47,48,49). The maximum atomic E-state index is 12.6. The molecule has 300 valence electrons. The summed E-state index contributed by atoms with van der Waals surface area (Å²) in [4.78, 5) is 12.6. The number of amides is 1. The number of carbonyl (C=O) groups excluding carboxylic acids is 1. The fourth-order valence-electron chi connectivity index (χ4n) is 7.05. The molecule has 50 heavy (non-hydrogen) atoms. The van der Waals surface area contributed by atoms with Gasteiger partial charge in [0.1, 0.15) is 6.10 Å². The Morgan fingerprint density at radius 2 is 0.720 bits per heavy atom. The summed E-state index contributed by atoms with van der Waals surface area (Å²) in [5.74, 6) is -1.44. The number of nitrogens with one attached hydrogen (secondary N) is 1. The molecule has 7 nitrogen and oxygen atoms in total. The molecule has 3 unspecified atom stereocenters. The Morgan fingerprint density at radius 1 is 0.460 bits per heavy atom. The van der Waals surface area contributed by atoms with Gasteiger partial charge in [-0.15, -0.1) is 0 Å². The first-order chi connectivity index (χ1) is 24.2. The molecule has 0 aromatic carbocycles. The minimum Gasteiger partial charge on any atom is -0.391 e. The highest BCUT2D eigenvalue weighted by atomic mass is 32.2. The third kappa shape index (κ3) is 35.7. The molecular weight excluding hydrogens is 647 g/mol. The number of hydrogen-bond donors (Lipinski definition) is 4.